The number of carbonyl (C=O) groups is 1. The van der Waals surface area contributed by atoms with Crippen LogP contribution < -0.4 is 0 Å². The number of aromatic nitrogens is 3. The fourth-order valence-electron chi connectivity index (χ4n) is 2.40. The second-order valence-electron chi connectivity index (χ2n) is 4.96. The van der Waals surface area contributed by atoms with Crippen molar-refractivity contribution < 1.29 is 13.9 Å². The second-order valence-corrected chi connectivity index (χ2v) is 4.96. The summed E-state index contributed by atoms with van der Waals surface area (Å²) in [6.07, 6.45) is 2.43. The average Bonchev–Trinajstić information content (AvgIpc) is 3.00. The zero-order valence-corrected chi connectivity index (χ0v) is 11.9. The van der Waals surface area contributed by atoms with Crippen LogP contribution in [0.25, 0.3) is 0 Å². The number of hydrogen-bond donors (Lipinski definition) is 0. The van der Waals surface area contributed by atoms with Gasteiger partial charge in [-0.05, 0) is 19.9 Å². The first kappa shape index (κ1) is 13.7. The molecule has 0 N–H and O–H groups in total. The van der Waals surface area contributed by atoms with Gasteiger partial charge in [0.15, 0.2) is 6.39 Å². The molecule has 1 aliphatic heterocycles. The van der Waals surface area contributed by atoms with E-state index in [1.165, 1.54) is 12.6 Å². The summed E-state index contributed by atoms with van der Waals surface area (Å²) in [4.78, 5) is 26.4. The van der Waals surface area contributed by atoms with Gasteiger partial charge in [-0.3, -0.25) is 4.79 Å². The molecule has 3 heterocycles. The summed E-state index contributed by atoms with van der Waals surface area (Å²) in [6.45, 7) is 5.19. The van der Waals surface area contributed by atoms with E-state index in [0.717, 1.165) is 11.4 Å². The van der Waals surface area contributed by atoms with Crippen molar-refractivity contribution >= 4 is 5.91 Å². The van der Waals surface area contributed by atoms with Gasteiger partial charge in [0.2, 0.25) is 5.76 Å². The topological polar surface area (TPSA) is 81.4 Å². The molecule has 0 unspecified atom stereocenters. The molecule has 0 bridgehead atoms. The number of aryl methyl sites for hydroxylation is 2. The molecule has 3 rings (SSSR count). The monoisotopic (exact) mass is 288 g/mol. The molecular weight excluding hydrogens is 272 g/mol. The van der Waals surface area contributed by atoms with Crippen LogP contribution in [0.5, 0.6) is 0 Å². The second kappa shape index (κ2) is 5.61. The van der Waals surface area contributed by atoms with Crippen LogP contribution in [-0.2, 0) is 4.74 Å². The highest BCUT2D eigenvalue weighted by atomic mass is 16.5. The Bertz CT molecular complexity index is 621. The summed E-state index contributed by atoms with van der Waals surface area (Å²) >= 11 is 0. The smallest absolute Gasteiger partial charge is 0.291 e. The Labute approximate surface area is 122 Å². The normalized spacial score (nSPS) is 18.8. The molecule has 1 amide bonds. The predicted octanol–water partition coefficient (Wildman–Crippen LogP) is 1.30. The van der Waals surface area contributed by atoms with Crippen LogP contribution in [0.2, 0.25) is 0 Å². The zero-order valence-electron chi connectivity index (χ0n) is 11.9. The van der Waals surface area contributed by atoms with Gasteiger partial charge >= 0.3 is 0 Å². The summed E-state index contributed by atoms with van der Waals surface area (Å²) in [6, 6.07) is 1.89. The Morgan fingerprint density at radius 2 is 2.24 bits per heavy atom. The molecule has 0 radical (unpaired) electrons. The maximum Gasteiger partial charge on any atom is 0.291 e. The Kier molecular flexibility index (Phi) is 3.66. The fourth-order valence-corrected chi connectivity index (χ4v) is 2.40. The number of rotatable bonds is 2. The van der Waals surface area contributed by atoms with E-state index in [9.17, 15) is 4.79 Å². The van der Waals surface area contributed by atoms with Crippen LogP contribution in [0.3, 0.4) is 0 Å². The highest BCUT2D eigenvalue weighted by molar-refractivity contribution is 5.91. The molecular formula is C14H16N4O3. The van der Waals surface area contributed by atoms with Crippen LogP contribution in [0, 0.1) is 13.8 Å². The SMILES string of the molecule is Cc1cc([C@H]2CN(C(=O)c3cnco3)CCO2)nc(C)n1. The summed E-state index contributed by atoms with van der Waals surface area (Å²) < 4.78 is 10.8. The summed E-state index contributed by atoms with van der Waals surface area (Å²) in [5.41, 5.74) is 1.69. The van der Waals surface area contributed by atoms with Gasteiger partial charge in [-0.15, -0.1) is 0 Å². The lowest BCUT2D eigenvalue weighted by Crippen LogP contribution is -2.42. The third kappa shape index (κ3) is 2.92. The van der Waals surface area contributed by atoms with E-state index < -0.39 is 0 Å². The molecule has 110 valence electrons. The lowest BCUT2D eigenvalue weighted by Gasteiger charge is -2.32. The molecule has 2 aromatic heterocycles. The van der Waals surface area contributed by atoms with Crippen molar-refractivity contribution in [1.82, 2.24) is 19.9 Å². The zero-order chi connectivity index (χ0) is 14.8. The molecule has 0 spiro atoms. The minimum atomic E-state index is -0.244. The molecule has 21 heavy (non-hydrogen) atoms. The maximum absolute atomic E-state index is 12.3. The maximum atomic E-state index is 12.3. The van der Waals surface area contributed by atoms with Gasteiger partial charge < -0.3 is 14.1 Å². The molecule has 7 heteroatoms. The Morgan fingerprint density at radius 1 is 1.38 bits per heavy atom. The molecule has 0 aromatic carbocycles. The number of morpholine rings is 1. The van der Waals surface area contributed by atoms with Crippen LogP contribution in [0.1, 0.15) is 33.9 Å². The lowest BCUT2D eigenvalue weighted by atomic mass is 10.1. The first-order valence-electron chi connectivity index (χ1n) is 6.75. The molecule has 1 aliphatic rings. The Balaban J connectivity index is 1.78. The van der Waals surface area contributed by atoms with E-state index in [1.807, 2.05) is 19.9 Å². The first-order valence-corrected chi connectivity index (χ1v) is 6.75. The van der Waals surface area contributed by atoms with Crippen molar-refractivity contribution in [3.63, 3.8) is 0 Å². The van der Waals surface area contributed by atoms with Crippen LogP contribution >= 0.6 is 0 Å². The highest BCUT2D eigenvalue weighted by Crippen LogP contribution is 2.22. The van der Waals surface area contributed by atoms with Crippen molar-refractivity contribution in [3.05, 3.63) is 41.6 Å². The Hall–Kier alpha value is -2.28. The van der Waals surface area contributed by atoms with E-state index in [4.69, 9.17) is 9.15 Å². The average molecular weight is 288 g/mol. The van der Waals surface area contributed by atoms with Gasteiger partial charge in [-0.25, -0.2) is 15.0 Å². The van der Waals surface area contributed by atoms with Gasteiger partial charge in [0.05, 0.1) is 25.0 Å². The number of carbonyl (C=O) groups excluding carboxylic acids is 1. The third-order valence-electron chi connectivity index (χ3n) is 3.31. The summed E-state index contributed by atoms with van der Waals surface area (Å²) in [7, 11) is 0. The van der Waals surface area contributed by atoms with E-state index in [0.29, 0.717) is 25.5 Å². The van der Waals surface area contributed by atoms with Crippen molar-refractivity contribution in [2.45, 2.75) is 20.0 Å². The number of nitrogens with zero attached hydrogens (tertiary/aromatic N) is 4. The number of hydrogen-bond acceptors (Lipinski definition) is 6. The molecule has 0 saturated carbocycles. The molecule has 2 aromatic rings. The standard InChI is InChI=1S/C14H16N4O3/c1-9-5-11(17-10(2)16-9)13-7-18(3-4-20-13)14(19)12-6-15-8-21-12/h5-6,8,13H,3-4,7H2,1-2H3/t13-/m1/s1. The quantitative estimate of drug-likeness (QED) is 0.828. The molecule has 1 saturated heterocycles. The van der Waals surface area contributed by atoms with Crippen molar-refractivity contribution in [2.75, 3.05) is 19.7 Å². The summed E-state index contributed by atoms with van der Waals surface area (Å²) in [5, 5.41) is 0. The van der Waals surface area contributed by atoms with Gasteiger partial charge in [0, 0.05) is 12.2 Å². The van der Waals surface area contributed by atoms with Gasteiger partial charge in [-0.1, -0.05) is 0 Å². The van der Waals surface area contributed by atoms with E-state index in [-0.39, 0.29) is 17.8 Å². The molecule has 1 fully saturated rings. The number of oxazole rings is 1. The minimum Gasteiger partial charge on any atom is -0.438 e. The van der Waals surface area contributed by atoms with E-state index in [2.05, 4.69) is 15.0 Å². The predicted molar refractivity (Wildman–Crippen MR) is 72.6 cm³/mol. The minimum absolute atomic E-state index is 0.177. The van der Waals surface area contributed by atoms with Gasteiger partial charge in [0.25, 0.3) is 5.91 Å². The highest BCUT2D eigenvalue weighted by Gasteiger charge is 2.28. The summed E-state index contributed by atoms with van der Waals surface area (Å²) in [5.74, 6) is 0.765. The van der Waals surface area contributed by atoms with E-state index in [1.54, 1.807) is 4.90 Å². The molecule has 1 atom stereocenters. The Morgan fingerprint density at radius 3 is 2.95 bits per heavy atom. The number of ether oxygens (including phenoxy) is 1. The van der Waals surface area contributed by atoms with Crippen LogP contribution in [-0.4, -0.2) is 45.5 Å². The van der Waals surface area contributed by atoms with Crippen LogP contribution in [0.4, 0.5) is 0 Å². The van der Waals surface area contributed by atoms with Gasteiger partial charge in [-0.2, -0.15) is 0 Å². The van der Waals surface area contributed by atoms with E-state index >= 15 is 0 Å². The molecule has 0 aliphatic carbocycles. The van der Waals surface area contributed by atoms with Crippen molar-refractivity contribution in [2.24, 2.45) is 0 Å². The molecule has 7 nitrogen and oxygen atoms in total. The fraction of sp³-hybridized carbons (Fsp3) is 0.429. The largest absolute Gasteiger partial charge is 0.438 e. The van der Waals surface area contributed by atoms with Crippen molar-refractivity contribution in [3.8, 4) is 0 Å². The van der Waals surface area contributed by atoms with Crippen molar-refractivity contribution in [1.29, 1.82) is 0 Å². The number of amides is 1. The van der Waals surface area contributed by atoms with Crippen LogP contribution in [0.15, 0.2) is 23.1 Å². The third-order valence-corrected chi connectivity index (χ3v) is 3.31. The first-order chi connectivity index (χ1) is 10.1. The lowest BCUT2D eigenvalue weighted by molar-refractivity contribution is -0.0258. The van der Waals surface area contributed by atoms with Gasteiger partial charge in [0.1, 0.15) is 11.9 Å².